The molecule has 0 atom stereocenters. The lowest BCUT2D eigenvalue weighted by molar-refractivity contribution is -0.140. The van der Waals surface area contributed by atoms with Gasteiger partial charge >= 0.3 is 5.97 Å². The van der Waals surface area contributed by atoms with Gasteiger partial charge in [-0.15, -0.1) is 0 Å². The van der Waals surface area contributed by atoms with Gasteiger partial charge in [0.05, 0.1) is 18.6 Å². The molecule has 0 amide bonds. The van der Waals surface area contributed by atoms with Crippen molar-refractivity contribution in [1.29, 1.82) is 0 Å². The van der Waals surface area contributed by atoms with E-state index in [1.54, 1.807) is 39.2 Å². The Morgan fingerprint density at radius 1 is 1.38 bits per heavy atom. The molecule has 1 aromatic carbocycles. The van der Waals surface area contributed by atoms with Crippen LogP contribution in [0.3, 0.4) is 0 Å². The number of rotatable bonds is 3. The molecule has 0 spiro atoms. The minimum Gasteiger partial charge on any atom is -0.496 e. The summed E-state index contributed by atoms with van der Waals surface area (Å²) < 4.78 is 4.90. The summed E-state index contributed by atoms with van der Waals surface area (Å²) in [6.07, 6.45) is 0.777. The largest absolute Gasteiger partial charge is 0.496 e. The summed E-state index contributed by atoms with van der Waals surface area (Å²) in [5.74, 6) is -0.350. The van der Waals surface area contributed by atoms with Crippen molar-refractivity contribution in [2.24, 2.45) is 5.92 Å². The fourth-order valence-corrected chi connectivity index (χ4v) is 0.764. The highest BCUT2D eigenvalue weighted by atomic mass is 16.5. The van der Waals surface area contributed by atoms with Crippen LogP contribution in [0.4, 0.5) is 0 Å². The van der Waals surface area contributed by atoms with Crippen LogP contribution >= 0.6 is 0 Å². The molecule has 0 aliphatic rings. The standard InChI is InChI=1S/C8H8O2.C4H8O2/c1-10-8-5-3-2-4-7(8)6-9;1-3(2)4(5)6/h2-6H,1H3;3H,1-2H3,(H,5,6). The molecule has 1 rings (SSSR count). The average molecular weight is 224 g/mol. The van der Waals surface area contributed by atoms with E-state index < -0.39 is 5.97 Å². The van der Waals surface area contributed by atoms with Gasteiger partial charge in [-0.25, -0.2) is 0 Å². The van der Waals surface area contributed by atoms with Gasteiger partial charge in [0.1, 0.15) is 5.75 Å². The Kier molecular flexibility index (Phi) is 6.59. The molecule has 0 radical (unpaired) electrons. The third-order valence-corrected chi connectivity index (χ3v) is 1.76. The zero-order valence-electron chi connectivity index (χ0n) is 9.64. The minimum atomic E-state index is -0.741. The van der Waals surface area contributed by atoms with Gasteiger partial charge in [0.2, 0.25) is 0 Å². The number of aldehydes is 1. The van der Waals surface area contributed by atoms with Crippen LogP contribution in [0.25, 0.3) is 0 Å². The van der Waals surface area contributed by atoms with Crippen LogP contribution in [0.5, 0.6) is 5.75 Å². The van der Waals surface area contributed by atoms with E-state index in [0.29, 0.717) is 11.3 Å². The van der Waals surface area contributed by atoms with E-state index in [0.717, 1.165) is 6.29 Å². The lowest BCUT2D eigenvalue weighted by atomic mass is 10.2. The van der Waals surface area contributed by atoms with Crippen LogP contribution in [0.2, 0.25) is 0 Å². The molecule has 88 valence electrons. The van der Waals surface area contributed by atoms with Crippen LogP contribution < -0.4 is 4.74 Å². The summed E-state index contributed by atoms with van der Waals surface area (Å²) in [7, 11) is 1.54. The van der Waals surface area contributed by atoms with Crippen LogP contribution in [-0.4, -0.2) is 24.5 Å². The zero-order chi connectivity index (χ0) is 12.6. The van der Waals surface area contributed by atoms with E-state index in [2.05, 4.69) is 0 Å². The molecule has 0 aliphatic heterocycles. The summed E-state index contributed by atoms with van der Waals surface area (Å²) in [5.41, 5.74) is 0.588. The number of hydrogen-bond acceptors (Lipinski definition) is 3. The van der Waals surface area contributed by atoms with Gasteiger partial charge in [-0.05, 0) is 12.1 Å². The van der Waals surface area contributed by atoms with Crippen molar-refractivity contribution < 1.29 is 19.4 Å². The number of carbonyl (C=O) groups excluding carboxylic acids is 1. The molecule has 0 saturated carbocycles. The van der Waals surface area contributed by atoms with Crippen molar-refractivity contribution in [3.8, 4) is 5.75 Å². The molecule has 0 fully saturated rings. The van der Waals surface area contributed by atoms with Crippen LogP contribution in [-0.2, 0) is 4.79 Å². The van der Waals surface area contributed by atoms with E-state index in [9.17, 15) is 9.59 Å². The van der Waals surface area contributed by atoms with E-state index in [4.69, 9.17) is 9.84 Å². The number of carbonyl (C=O) groups is 2. The van der Waals surface area contributed by atoms with Gasteiger partial charge in [0.15, 0.2) is 6.29 Å². The number of ether oxygens (including phenoxy) is 1. The first-order valence-corrected chi connectivity index (χ1v) is 4.84. The van der Waals surface area contributed by atoms with Crippen molar-refractivity contribution in [2.75, 3.05) is 7.11 Å². The van der Waals surface area contributed by atoms with Crippen molar-refractivity contribution in [2.45, 2.75) is 13.8 Å². The molecule has 0 unspecified atom stereocenters. The SMILES string of the molecule is CC(C)C(=O)O.COc1ccccc1C=O. The molecule has 4 heteroatoms. The first kappa shape index (κ1) is 14.2. The molecular formula is C12H16O4. The van der Waals surface area contributed by atoms with Gasteiger partial charge in [0.25, 0.3) is 0 Å². The van der Waals surface area contributed by atoms with Crippen molar-refractivity contribution in [1.82, 2.24) is 0 Å². The number of carboxylic acids is 1. The summed E-state index contributed by atoms with van der Waals surface area (Å²) in [6, 6.07) is 7.09. The Morgan fingerprint density at radius 2 is 1.88 bits per heavy atom. The minimum absolute atomic E-state index is 0.231. The molecule has 16 heavy (non-hydrogen) atoms. The highest BCUT2D eigenvalue weighted by Gasteiger charge is 1.99. The molecule has 0 aromatic heterocycles. The number of methoxy groups -OCH3 is 1. The maximum absolute atomic E-state index is 10.3. The zero-order valence-corrected chi connectivity index (χ0v) is 9.64. The monoisotopic (exact) mass is 224 g/mol. The normalized spacial score (nSPS) is 9.00. The molecule has 0 bridgehead atoms. The molecule has 0 heterocycles. The molecule has 1 N–H and O–H groups in total. The second-order valence-electron chi connectivity index (χ2n) is 3.35. The van der Waals surface area contributed by atoms with Gasteiger partial charge < -0.3 is 9.84 Å². The predicted octanol–water partition coefficient (Wildman–Crippen LogP) is 2.23. The predicted molar refractivity (Wildman–Crippen MR) is 60.9 cm³/mol. The molecule has 1 aromatic rings. The maximum atomic E-state index is 10.3. The van der Waals surface area contributed by atoms with E-state index in [-0.39, 0.29) is 5.92 Å². The van der Waals surface area contributed by atoms with Gasteiger partial charge in [-0.1, -0.05) is 26.0 Å². The van der Waals surface area contributed by atoms with Crippen LogP contribution in [0.1, 0.15) is 24.2 Å². The highest BCUT2D eigenvalue weighted by molar-refractivity contribution is 5.79. The van der Waals surface area contributed by atoms with Crippen LogP contribution in [0.15, 0.2) is 24.3 Å². The molecule has 0 saturated heterocycles. The summed E-state index contributed by atoms with van der Waals surface area (Å²) in [5, 5.41) is 7.99. The van der Waals surface area contributed by atoms with Crippen molar-refractivity contribution >= 4 is 12.3 Å². The van der Waals surface area contributed by atoms with Gasteiger partial charge in [-0.3, -0.25) is 9.59 Å². The number of carboxylic acid groups (broad SMARTS) is 1. The molecule has 4 nitrogen and oxygen atoms in total. The topological polar surface area (TPSA) is 63.6 Å². The van der Waals surface area contributed by atoms with Crippen molar-refractivity contribution in [3.63, 3.8) is 0 Å². The summed E-state index contributed by atoms with van der Waals surface area (Å²) >= 11 is 0. The Labute approximate surface area is 94.9 Å². The van der Waals surface area contributed by atoms with E-state index in [1.807, 2.05) is 6.07 Å². The first-order valence-electron chi connectivity index (χ1n) is 4.84. The number of para-hydroxylation sites is 1. The molecule has 0 aliphatic carbocycles. The average Bonchev–Trinajstić information content (AvgIpc) is 2.29. The maximum Gasteiger partial charge on any atom is 0.305 e. The Hall–Kier alpha value is -1.84. The smallest absolute Gasteiger partial charge is 0.305 e. The lowest BCUT2D eigenvalue weighted by Gasteiger charge is -1.99. The Bertz CT molecular complexity index is 345. The van der Waals surface area contributed by atoms with Crippen LogP contribution in [0, 0.1) is 5.92 Å². The van der Waals surface area contributed by atoms with E-state index in [1.165, 1.54) is 0 Å². The lowest BCUT2D eigenvalue weighted by Crippen LogP contribution is -2.03. The third-order valence-electron chi connectivity index (χ3n) is 1.76. The third kappa shape index (κ3) is 5.14. The molecular weight excluding hydrogens is 208 g/mol. The van der Waals surface area contributed by atoms with Gasteiger partial charge in [0, 0.05) is 0 Å². The fourth-order valence-electron chi connectivity index (χ4n) is 0.764. The summed E-state index contributed by atoms with van der Waals surface area (Å²) in [6.45, 7) is 3.28. The summed E-state index contributed by atoms with van der Waals surface area (Å²) in [4.78, 5) is 20.0. The number of hydrogen-bond donors (Lipinski definition) is 1. The second-order valence-corrected chi connectivity index (χ2v) is 3.35. The number of benzene rings is 1. The van der Waals surface area contributed by atoms with E-state index >= 15 is 0 Å². The highest BCUT2D eigenvalue weighted by Crippen LogP contribution is 2.13. The van der Waals surface area contributed by atoms with Gasteiger partial charge in [-0.2, -0.15) is 0 Å². The van der Waals surface area contributed by atoms with Crippen molar-refractivity contribution in [3.05, 3.63) is 29.8 Å². The number of aliphatic carboxylic acids is 1. The quantitative estimate of drug-likeness (QED) is 0.800. The first-order chi connectivity index (χ1) is 7.52. The Morgan fingerprint density at radius 3 is 2.19 bits per heavy atom. The second kappa shape index (κ2) is 7.45. The fraction of sp³-hybridized carbons (Fsp3) is 0.333. The Balaban J connectivity index is 0.000000325.